The van der Waals surface area contributed by atoms with Crippen molar-refractivity contribution in [1.82, 2.24) is 9.97 Å². The maximum absolute atomic E-state index is 12.9. The van der Waals surface area contributed by atoms with Crippen LogP contribution in [0.4, 0.5) is 5.69 Å². The summed E-state index contributed by atoms with van der Waals surface area (Å²) in [5, 5.41) is 2.86. The van der Waals surface area contributed by atoms with Gasteiger partial charge in [0, 0.05) is 28.6 Å². The number of nitrogens with zero attached hydrogens (tertiary/aromatic N) is 1. The van der Waals surface area contributed by atoms with E-state index in [0.717, 1.165) is 5.56 Å². The molecule has 0 saturated heterocycles. The van der Waals surface area contributed by atoms with Gasteiger partial charge in [-0.2, -0.15) is 0 Å². The maximum Gasteiger partial charge on any atom is 0.255 e. The van der Waals surface area contributed by atoms with Crippen LogP contribution < -0.4 is 21.3 Å². The van der Waals surface area contributed by atoms with Gasteiger partial charge in [0.05, 0.1) is 5.56 Å². The maximum atomic E-state index is 12.9. The second-order valence-corrected chi connectivity index (χ2v) is 7.62. The summed E-state index contributed by atoms with van der Waals surface area (Å²) in [7, 11) is 0. The molecule has 0 saturated carbocycles. The molecule has 0 fully saturated rings. The average Bonchev–Trinajstić information content (AvgIpc) is 2.82. The number of primary amides is 1. The van der Waals surface area contributed by atoms with Crippen LogP contribution in [0, 0.1) is 6.92 Å². The van der Waals surface area contributed by atoms with Crippen molar-refractivity contribution in [3.63, 3.8) is 0 Å². The van der Waals surface area contributed by atoms with Gasteiger partial charge in [-0.05, 0) is 48.9 Å². The average molecular weight is 454 g/mol. The minimum atomic E-state index is -0.573. The molecule has 0 atom stereocenters. The van der Waals surface area contributed by atoms with E-state index in [1.54, 1.807) is 73.7 Å². The smallest absolute Gasteiger partial charge is 0.255 e. The fourth-order valence-corrected chi connectivity index (χ4v) is 3.42. The number of para-hydroxylation sites is 1. The molecule has 1 aromatic heterocycles. The van der Waals surface area contributed by atoms with E-state index in [0.29, 0.717) is 39.6 Å². The molecule has 0 radical (unpaired) electrons. The predicted molar refractivity (Wildman–Crippen MR) is 129 cm³/mol. The van der Waals surface area contributed by atoms with Crippen molar-refractivity contribution in [2.24, 2.45) is 5.73 Å². The Morgan fingerprint density at radius 3 is 2.59 bits per heavy atom. The number of amides is 2. The second-order valence-electron chi connectivity index (χ2n) is 7.62. The lowest BCUT2D eigenvalue weighted by Gasteiger charge is -2.11. The molecular formula is C26H22N4O4. The predicted octanol–water partition coefficient (Wildman–Crippen LogP) is 3.68. The lowest BCUT2D eigenvalue weighted by molar-refractivity contribution is 0.0994. The minimum Gasteiger partial charge on any atom is -0.488 e. The van der Waals surface area contributed by atoms with Crippen LogP contribution in [0.15, 0.2) is 83.7 Å². The molecule has 0 spiro atoms. The molecule has 1 heterocycles. The number of anilines is 1. The van der Waals surface area contributed by atoms with E-state index in [9.17, 15) is 14.4 Å². The summed E-state index contributed by atoms with van der Waals surface area (Å²) in [6, 6.07) is 22.2. The van der Waals surface area contributed by atoms with Crippen LogP contribution >= 0.6 is 0 Å². The highest BCUT2D eigenvalue weighted by Gasteiger charge is 2.11. The van der Waals surface area contributed by atoms with E-state index in [-0.39, 0.29) is 18.1 Å². The molecule has 4 N–H and O–H groups in total. The first-order chi connectivity index (χ1) is 16.4. The quantitative estimate of drug-likeness (QED) is 0.393. The largest absolute Gasteiger partial charge is 0.488 e. The zero-order valence-corrected chi connectivity index (χ0v) is 18.4. The number of aryl methyl sites for hydroxylation is 1. The number of carbonyl (C=O) groups is 2. The zero-order chi connectivity index (χ0) is 24.1. The number of aromatic amines is 1. The van der Waals surface area contributed by atoms with Crippen LogP contribution in [-0.2, 0) is 6.61 Å². The summed E-state index contributed by atoms with van der Waals surface area (Å²) in [6.45, 7) is 1.90. The first-order valence-electron chi connectivity index (χ1n) is 10.5. The third-order valence-corrected chi connectivity index (χ3v) is 5.00. The SMILES string of the molecule is Cc1cc(=O)[nH]c(-c2cccc(NC(=O)c3cccc(COc4ccccc4C(N)=O)c3)c2)n1. The van der Waals surface area contributed by atoms with Gasteiger partial charge in [-0.25, -0.2) is 4.98 Å². The molecule has 34 heavy (non-hydrogen) atoms. The minimum absolute atomic E-state index is 0.160. The van der Waals surface area contributed by atoms with Gasteiger partial charge in [0.25, 0.3) is 17.4 Å². The van der Waals surface area contributed by atoms with E-state index in [1.807, 2.05) is 6.07 Å². The summed E-state index contributed by atoms with van der Waals surface area (Å²) in [5.41, 5.74) is 8.47. The van der Waals surface area contributed by atoms with Gasteiger partial charge in [0.1, 0.15) is 18.2 Å². The Morgan fingerprint density at radius 1 is 1.00 bits per heavy atom. The van der Waals surface area contributed by atoms with Crippen LogP contribution in [0.2, 0.25) is 0 Å². The monoisotopic (exact) mass is 454 g/mol. The van der Waals surface area contributed by atoms with Crippen molar-refractivity contribution < 1.29 is 14.3 Å². The fourth-order valence-electron chi connectivity index (χ4n) is 3.42. The number of nitrogens with two attached hydrogens (primary N) is 1. The molecule has 0 bridgehead atoms. The number of nitrogens with one attached hydrogen (secondary N) is 2. The van der Waals surface area contributed by atoms with Gasteiger partial charge in [0.15, 0.2) is 0 Å². The number of benzene rings is 3. The van der Waals surface area contributed by atoms with Crippen molar-refractivity contribution in [1.29, 1.82) is 0 Å². The van der Waals surface area contributed by atoms with Gasteiger partial charge in [-0.1, -0.05) is 36.4 Å². The van der Waals surface area contributed by atoms with Crippen LogP contribution in [0.5, 0.6) is 5.75 Å². The number of H-pyrrole nitrogens is 1. The van der Waals surface area contributed by atoms with Gasteiger partial charge < -0.3 is 20.8 Å². The molecule has 0 unspecified atom stereocenters. The number of aromatic nitrogens is 2. The molecule has 0 aliphatic carbocycles. The Balaban J connectivity index is 1.48. The zero-order valence-electron chi connectivity index (χ0n) is 18.4. The summed E-state index contributed by atoms with van der Waals surface area (Å²) < 4.78 is 5.75. The van der Waals surface area contributed by atoms with Crippen LogP contribution in [0.1, 0.15) is 32.0 Å². The number of ether oxygens (including phenoxy) is 1. The number of rotatable bonds is 7. The van der Waals surface area contributed by atoms with Gasteiger partial charge >= 0.3 is 0 Å². The Morgan fingerprint density at radius 2 is 1.79 bits per heavy atom. The summed E-state index contributed by atoms with van der Waals surface area (Å²) in [4.78, 5) is 43.2. The lowest BCUT2D eigenvalue weighted by atomic mass is 10.1. The number of hydrogen-bond donors (Lipinski definition) is 3. The van der Waals surface area contributed by atoms with Gasteiger partial charge in [-0.15, -0.1) is 0 Å². The molecule has 8 heteroatoms. The molecule has 8 nitrogen and oxygen atoms in total. The van der Waals surface area contributed by atoms with Crippen molar-refractivity contribution in [2.75, 3.05) is 5.32 Å². The van der Waals surface area contributed by atoms with Crippen molar-refractivity contribution >= 4 is 17.5 Å². The number of carbonyl (C=O) groups excluding carboxylic acids is 2. The number of hydrogen-bond acceptors (Lipinski definition) is 5. The normalized spacial score (nSPS) is 10.5. The molecule has 3 aromatic carbocycles. The third-order valence-electron chi connectivity index (χ3n) is 5.00. The third kappa shape index (κ3) is 5.36. The summed E-state index contributed by atoms with van der Waals surface area (Å²) in [5.74, 6) is -0.0703. The molecule has 0 aliphatic rings. The molecule has 4 rings (SSSR count). The van der Waals surface area contributed by atoms with E-state index >= 15 is 0 Å². The molecule has 2 amide bonds. The van der Waals surface area contributed by atoms with E-state index in [1.165, 1.54) is 6.07 Å². The fraction of sp³-hybridized carbons (Fsp3) is 0.0769. The Kier molecular flexibility index (Phi) is 6.49. The van der Waals surface area contributed by atoms with E-state index < -0.39 is 5.91 Å². The highest BCUT2D eigenvalue weighted by molar-refractivity contribution is 6.04. The molecule has 0 aliphatic heterocycles. The Hall–Kier alpha value is -4.72. The first-order valence-corrected chi connectivity index (χ1v) is 10.5. The standard InChI is InChI=1S/C26H22N4O4/c1-16-12-23(31)30-25(28-16)18-7-5-9-20(14-18)29-26(33)19-8-4-6-17(13-19)15-34-22-11-3-2-10-21(22)24(27)32/h2-14H,15H2,1H3,(H2,27,32)(H,29,33)(H,28,30,31). The van der Waals surface area contributed by atoms with Crippen molar-refractivity contribution in [3.8, 4) is 17.1 Å². The Bertz CT molecular complexity index is 1430. The van der Waals surface area contributed by atoms with Crippen LogP contribution in [0.3, 0.4) is 0 Å². The van der Waals surface area contributed by atoms with Crippen molar-refractivity contribution in [2.45, 2.75) is 13.5 Å². The second kappa shape index (κ2) is 9.83. The molecular weight excluding hydrogens is 432 g/mol. The van der Waals surface area contributed by atoms with Crippen LogP contribution in [0.25, 0.3) is 11.4 Å². The van der Waals surface area contributed by atoms with E-state index in [4.69, 9.17) is 10.5 Å². The summed E-state index contributed by atoms with van der Waals surface area (Å²) in [6.07, 6.45) is 0. The lowest BCUT2D eigenvalue weighted by Crippen LogP contribution is -2.14. The van der Waals surface area contributed by atoms with Gasteiger partial charge in [-0.3, -0.25) is 14.4 Å². The van der Waals surface area contributed by atoms with Gasteiger partial charge in [0.2, 0.25) is 0 Å². The topological polar surface area (TPSA) is 127 Å². The summed E-state index contributed by atoms with van der Waals surface area (Å²) >= 11 is 0. The molecule has 170 valence electrons. The highest BCUT2D eigenvalue weighted by Crippen LogP contribution is 2.21. The van der Waals surface area contributed by atoms with Crippen LogP contribution in [-0.4, -0.2) is 21.8 Å². The van der Waals surface area contributed by atoms with Crippen molar-refractivity contribution in [3.05, 3.63) is 112 Å². The highest BCUT2D eigenvalue weighted by atomic mass is 16.5. The molecule has 4 aromatic rings. The first kappa shape index (κ1) is 22.5. The van der Waals surface area contributed by atoms with E-state index in [2.05, 4.69) is 15.3 Å². The Labute approximate surface area is 195 Å².